The Balaban J connectivity index is 4.53. The fourth-order valence-electron chi connectivity index (χ4n) is 6.25. The molecule has 0 aliphatic carbocycles. The van der Waals surface area contributed by atoms with Crippen LogP contribution in [0, 0.1) is 0 Å². The van der Waals surface area contributed by atoms with Gasteiger partial charge in [0.25, 0.3) is 0 Å². The van der Waals surface area contributed by atoms with Crippen LogP contribution in [0.1, 0.15) is 193 Å². The fourth-order valence-corrected chi connectivity index (χ4v) is 7.01. The van der Waals surface area contributed by atoms with Crippen molar-refractivity contribution in [1.82, 2.24) is 10.6 Å². The fraction of sp³-hybridized carbons (Fsp3) is 0.884. The first-order chi connectivity index (χ1) is 28.5. The van der Waals surface area contributed by atoms with Crippen LogP contribution in [-0.2, 0) is 51.8 Å². The lowest BCUT2D eigenvalue weighted by atomic mass is 10.0. The van der Waals surface area contributed by atoms with Crippen LogP contribution in [0.25, 0.3) is 0 Å². The van der Waals surface area contributed by atoms with Gasteiger partial charge in [-0.05, 0) is 19.3 Å². The van der Waals surface area contributed by atoms with Crippen molar-refractivity contribution in [2.45, 2.75) is 199 Å². The van der Waals surface area contributed by atoms with Crippen molar-refractivity contribution in [2.24, 2.45) is 0 Å². The molecule has 0 aromatic carbocycles. The minimum Gasteiger partial charge on any atom is -0.481 e. The Kier molecular flexibility index (Phi) is 39.0. The van der Waals surface area contributed by atoms with Crippen molar-refractivity contribution in [3.05, 3.63) is 0 Å². The number of nitrogens with one attached hydrogen (secondary N) is 2. The molecule has 0 rings (SSSR count). The van der Waals surface area contributed by atoms with E-state index in [9.17, 15) is 33.4 Å². The first kappa shape index (κ1) is 56.4. The third kappa shape index (κ3) is 41.9. The smallest absolute Gasteiger partial charge is 0.472 e. The molecule has 0 aromatic rings. The Hall–Kier alpha value is -2.58. The third-order valence-corrected chi connectivity index (χ3v) is 10.8. The molecule has 1 unspecified atom stereocenters. The maximum absolute atomic E-state index is 12.7. The number of hydrogen-bond acceptors (Lipinski definition) is 11. The lowest BCUT2D eigenvalue weighted by Gasteiger charge is -2.20. The number of carboxylic acids is 1. The van der Waals surface area contributed by atoms with E-state index in [1.54, 1.807) is 0 Å². The maximum atomic E-state index is 12.7. The summed E-state index contributed by atoms with van der Waals surface area (Å²) in [4.78, 5) is 69.2. The lowest BCUT2D eigenvalue weighted by Crippen LogP contribution is -2.30. The molecule has 0 spiro atoms. The van der Waals surface area contributed by atoms with Crippen LogP contribution >= 0.6 is 7.82 Å². The number of rotatable bonds is 44. The summed E-state index contributed by atoms with van der Waals surface area (Å²) in [5.74, 6) is -2.28. The Morgan fingerprint density at radius 1 is 0.542 bits per heavy atom. The minimum atomic E-state index is -4.61. The van der Waals surface area contributed by atoms with E-state index in [1.165, 1.54) is 77.7 Å². The van der Waals surface area contributed by atoms with Gasteiger partial charge in [-0.3, -0.25) is 33.0 Å². The monoisotopic (exact) mass is 865 g/mol. The maximum Gasteiger partial charge on any atom is 0.472 e. The molecule has 2 atom stereocenters. The first-order valence-electron chi connectivity index (χ1n) is 22.7. The Morgan fingerprint density at radius 2 is 0.983 bits per heavy atom. The van der Waals surface area contributed by atoms with Gasteiger partial charge in [0.1, 0.15) is 6.61 Å². The summed E-state index contributed by atoms with van der Waals surface area (Å²) in [6.45, 7) is 1.24. The Bertz CT molecular complexity index is 1130. The summed E-state index contributed by atoms with van der Waals surface area (Å²) >= 11 is 0. The largest absolute Gasteiger partial charge is 0.481 e. The Labute approximate surface area is 355 Å². The molecule has 0 saturated carbocycles. The van der Waals surface area contributed by atoms with Crippen molar-refractivity contribution in [3.63, 3.8) is 0 Å². The SMILES string of the molecule is CCCCCCCCCCCCCCCCCC(=O)OC[C@H](COP(=O)(O)OCCNC(=O)CCOCCC(=O)NC)OC(=O)CCCCCCCCCCCC(=O)O. The van der Waals surface area contributed by atoms with Gasteiger partial charge in [0.05, 0.1) is 26.4 Å². The van der Waals surface area contributed by atoms with Crippen LogP contribution in [0.2, 0.25) is 0 Å². The standard InChI is InChI=1S/C43H81N2O13P/c1-3-4-5-6-7-8-9-10-11-12-13-16-19-22-25-28-42(50)55-36-38(58-43(51)29-26-23-20-17-14-15-18-21-24-27-41(48)49)37-57-59(52,53)56-35-32-45-40(47)31-34-54-33-30-39(46)44-2/h38H,3-37H2,1-2H3,(H,44,46)(H,45,47)(H,48,49)(H,52,53)/t38-/m1/s1. The van der Waals surface area contributed by atoms with Crippen molar-refractivity contribution in [3.8, 4) is 0 Å². The van der Waals surface area contributed by atoms with Gasteiger partial charge in [0, 0.05) is 45.7 Å². The highest BCUT2D eigenvalue weighted by Crippen LogP contribution is 2.43. The van der Waals surface area contributed by atoms with Gasteiger partial charge in [0.2, 0.25) is 11.8 Å². The van der Waals surface area contributed by atoms with E-state index in [2.05, 4.69) is 17.6 Å². The molecule has 0 aliphatic rings. The molecule has 0 aromatic heterocycles. The second-order valence-electron chi connectivity index (χ2n) is 15.3. The predicted octanol–water partition coefficient (Wildman–Crippen LogP) is 8.87. The average Bonchev–Trinajstić information content (AvgIpc) is 3.20. The van der Waals surface area contributed by atoms with E-state index in [0.29, 0.717) is 19.3 Å². The van der Waals surface area contributed by atoms with Gasteiger partial charge in [-0.2, -0.15) is 0 Å². The van der Waals surface area contributed by atoms with Crippen LogP contribution in [0.5, 0.6) is 0 Å². The van der Waals surface area contributed by atoms with E-state index >= 15 is 0 Å². The van der Waals surface area contributed by atoms with Gasteiger partial charge in [-0.15, -0.1) is 0 Å². The van der Waals surface area contributed by atoms with Gasteiger partial charge < -0.3 is 34.8 Å². The van der Waals surface area contributed by atoms with Crippen LogP contribution < -0.4 is 10.6 Å². The lowest BCUT2D eigenvalue weighted by molar-refractivity contribution is -0.161. The van der Waals surface area contributed by atoms with Crippen molar-refractivity contribution >= 4 is 37.5 Å². The molecule has 0 fully saturated rings. The molecule has 0 aliphatic heterocycles. The predicted molar refractivity (Wildman–Crippen MR) is 228 cm³/mol. The molecule has 0 heterocycles. The molecular weight excluding hydrogens is 783 g/mol. The number of hydrogen-bond donors (Lipinski definition) is 4. The Morgan fingerprint density at radius 3 is 1.46 bits per heavy atom. The van der Waals surface area contributed by atoms with Gasteiger partial charge in [0.15, 0.2) is 6.10 Å². The molecule has 4 N–H and O–H groups in total. The highest BCUT2D eigenvalue weighted by Gasteiger charge is 2.26. The van der Waals surface area contributed by atoms with Gasteiger partial charge in [-0.1, -0.05) is 142 Å². The summed E-state index contributed by atoms with van der Waals surface area (Å²) in [6.07, 6.45) is 26.0. The number of aliphatic carboxylic acids is 1. The van der Waals surface area contributed by atoms with Gasteiger partial charge in [-0.25, -0.2) is 4.57 Å². The molecule has 346 valence electrons. The zero-order valence-corrected chi connectivity index (χ0v) is 37.6. The number of carboxylic acid groups (broad SMARTS) is 1. The molecule has 0 saturated heterocycles. The molecule has 0 bridgehead atoms. The van der Waals surface area contributed by atoms with Crippen LogP contribution in [-0.4, -0.2) is 92.5 Å². The van der Waals surface area contributed by atoms with Crippen molar-refractivity contribution < 1.29 is 61.8 Å². The second-order valence-corrected chi connectivity index (χ2v) is 16.8. The molecule has 0 radical (unpaired) electrons. The third-order valence-electron chi connectivity index (χ3n) is 9.81. The molecule has 15 nitrogen and oxygen atoms in total. The average molecular weight is 865 g/mol. The minimum absolute atomic E-state index is 0.0316. The van der Waals surface area contributed by atoms with Crippen molar-refractivity contribution in [1.29, 1.82) is 0 Å². The van der Waals surface area contributed by atoms with Crippen molar-refractivity contribution in [2.75, 3.05) is 46.6 Å². The zero-order chi connectivity index (χ0) is 43.7. The summed E-state index contributed by atoms with van der Waals surface area (Å²) in [5, 5.41) is 13.7. The highest BCUT2D eigenvalue weighted by atomic mass is 31.2. The molecular formula is C43H81N2O13P. The topological polar surface area (TPSA) is 213 Å². The van der Waals surface area contributed by atoms with E-state index in [1.807, 2.05) is 0 Å². The summed E-state index contributed by atoms with van der Waals surface area (Å²) in [7, 11) is -3.09. The van der Waals surface area contributed by atoms with E-state index in [-0.39, 0.29) is 76.9 Å². The first-order valence-corrected chi connectivity index (χ1v) is 24.2. The number of carbonyl (C=O) groups is 5. The highest BCUT2D eigenvalue weighted by molar-refractivity contribution is 7.47. The van der Waals surface area contributed by atoms with Crippen LogP contribution in [0.3, 0.4) is 0 Å². The number of phosphoric ester groups is 1. The number of unbranched alkanes of at least 4 members (excludes halogenated alkanes) is 22. The summed E-state index contributed by atoms with van der Waals surface area (Å²) in [6, 6.07) is 0. The van der Waals surface area contributed by atoms with E-state index < -0.39 is 38.4 Å². The summed E-state index contributed by atoms with van der Waals surface area (Å²) in [5.41, 5.74) is 0. The quantitative estimate of drug-likeness (QED) is 0.0256. The molecule has 59 heavy (non-hydrogen) atoms. The summed E-state index contributed by atoms with van der Waals surface area (Å²) < 4.78 is 38.7. The van der Waals surface area contributed by atoms with Gasteiger partial charge >= 0.3 is 25.7 Å². The molecule has 16 heteroatoms. The number of amides is 2. The number of esters is 2. The van der Waals surface area contributed by atoms with Crippen LogP contribution in [0.15, 0.2) is 0 Å². The zero-order valence-electron chi connectivity index (χ0n) is 36.7. The van der Waals surface area contributed by atoms with Crippen LogP contribution in [0.4, 0.5) is 0 Å². The second kappa shape index (κ2) is 40.8. The number of phosphoric acid groups is 1. The van der Waals surface area contributed by atoms with E-state index in [0.717, 1.165) is 64.2 Å². The normalized spacial score (nSPS) is 12.7. The number of carbonyl (C=O) groups excluding carboxylic acids is 4. The molecule has 2 amide bonds. The number of ether oxygens (including phenoxy) is 3. The van der Waals surface area contributed by atoms with E-state index in [4.69, 9.17) is 28.4 Å².